The molecule has 6 nitrogen and oxygen atoms in total. The minimum atomic E-state index is -0.629. The van der Waals surface area contributed by atoms with Gasteiger partial charge >= 0.3 is 0 Å². The minimum Gasteiger partial charge on any atom is -0.497 e. The van der Waals surface area contributed by atoms with E-state index in [0.717, 1.165) is 17.9 Å². The zero-order chi connectivity index (χ0) is 18.6. The van der Waals surface area contributed by atoms with Gasteiger partial charge in [-0.3, -0.25) is 0 Å². The second-order valence-electron chi connectivity index (χ2n) is 7.66. The number of rotatable bonds is 6. The molecule has 144 valence electrons. The molecule has 1 heterocycles. The monoisotopic (exact) mass is 361 g/mol. The van der Waals surface area contributed by atoms with Crippen LogP contribution in [0, 0.1) is 5.92 Å². The highest BCUT2D eigenvalue weighted by atomic mass is 16.5. The minimum absolute atomic E-state index is 0.387. The van der Waals surface area contributed by atoms with Gasteiger partial charge in [-0.05, 0) is 36.6 Å². The van der Waals surface area contributed by atoms with E-state index in [4.69, 9.17) is 20.2 Å². The number of ether oxygens (including phenoxy) is 2. The summed E-state index contributed by atoms with van der Waals surface area (Å²) in [6.07, 6.45) is 7.16. The number of aliphatic hydroxyl groups is 1. The maximum atomic E-state index is 10.5. The first-order chi connectivity index (χ1) is 12.5. The summed E-state index contributed by atoms with van der Waals surface area (Å²) >= 11 is 0. The second kappa shape index (κ2) is 8.16. The van der Waals surface area contributed by atoms with E-state index in [0.29, 0.717) is 24.9 Å². The molecule has 1 aromatic rings. The summed E-state index contributed by atoms with van der Waals surface area (Å²) in [5, 5.41) is 10.5. The van der Waals surface area contributed by atoms with Gasteiger partial charge in [-0.1, -0.05) is 32.1 Å². The molecule has 3 N–H and O–H groups in total. The highest BCUT2D eigenvalue weighted by Crippen LogP contribution is 2.37. The summed E-state index contributed by atoms with van der Waals surface area (Å²) in [6.45, 7) is 0.418. The molecule has 0 radical (unpaired) electrons. The highest BCUT2D eigenvalue weighted by Gasteiger charge is 2.41. The lowest BCUT2D eigenvalue weighted by Crippen LogP contribution is -2.54. The van der Waals surface area contributed by atoms with Gasteiger partial charge in [0.05, 0.1) is 7.11 Å². The Morgan fingerprint density at radius 1 is 1.19 bits per heavy atom. The lowest BCUT2D eigenvalue weighted by Gasteiger charge is -2.42. The van der Waals surface area contributed by atoms with E-state index >= 15 is 0 Å². The normalized spacial score (nSPS) is 27.1. The Hall–Kier alpha value is -1.95. The number of benzene rings is 1. The van der Waals surface area contributed by atoms with Crippen LogP contribution in [0.1, 0.15) is 44.9 Å². The van der Waals surface area contributed by atoms with Crippen LogP contribution in [0.2, 0.25) is 0 Å². The van der Waals surface area contributed by atoms with Gasteiger partial charge in [0.2, 0.25) is 0 Å². The molecule has 6 heteroatoms. The van der Waals surface area contributed by atoms with Gasteiger partial charge in [-0.2, -0.15) is 0 Å². The standard InChI is InChI=1S/C20H31N3O3/c1-23-18(24)13-20(22-19(23)21,12-15-6-4-3-5-7-15)14-26-17-10-8-16(25-2)9-11-17/h8-11,15,18,24H,3-7,12-14H2,1-2H3,(H2,21,22). The number of hydrogen-bond donors (Lipinski definition) is 2. The van der Waals surface area contributed by atoms with Crippen LogP contribution in [0.25, 0.3) is 0 Å². The Labute approximate surface area is 156 Å². The van der Waals surface area contributed by atoms with E-state index in [1.54, 1.807) is 19.1 Å². The molecule has 1 aliphatic heterocycles. The van der Waals surface area contributed by atoms with Gasteiger partial charge in [-0.25, -0.2) is 4.99 Å². The first-order valence-electron chi connectivity index (χ1n) is 9.54. The van der Waals surface area contributed by atoms with Crippen LogP contribution in [-0.2, 0) is 0 Å². The predicted octanol–water partition coefficient (Wildman–Crippen LogP) is 2.75. The Kier molecular flexibility index (Phi) is 5.91. The van der Waals surface area contributed by atoms with E-state index in [9.17, 15) is 5.11 Å². The van der Waals surface area contributed by atoms with Gasteiger partial charge in [-0.15, -0.1) is 0 Å². The molecule has 0 spiro atoms. The average Bonchev–Trinajstić information content (AvgIpc) is 2.66. The molecule has 2 unspecified atom stereocenters. The summed E-state index contributed by atoms with van der Waals surface area (Å²) in [6, 6.07) is 7.55. The summed E-state index contributed by atoms with van der Waals surface area (Å²) in [5.74, 6) is 2.58. The predicted molar refractivity (Wildman–Crippen MR) is 102 cm³/mol. The molecule has 0 saturated heterocycles. The third kappa shape index (κ3) is 4.41. The van der Waals surface area contributed by atoms with Crippen molar-refractivity contribution in [3.05, 3.63) is 24.3 Å². The topological polar surface area (TPSA) is 80.3 Å². The van der Waals surface area contributed by atoms with E-state index in [-0.39, 0.29) is 0 Å². The molecule has 26 heavy (non-hydrogen) atoms. The SMILES string of the molecule is COc1ccc(OCC2(CC3CCCCC3)CC(O)N(C)C(N)=N2)cc1. The fourth-order valence-electron chi connectivity index (χ4n) is 4.09. The van der Waals surface area contributed by atoms with E-state index in [1.807, 2.05) is 24.3 Å². The molecule has 1 aliphatic carbocycles. The number of aliphatic hydroxyl groups excluding tert-OH is 1. The van der Waals surface area contributed by atoms with Gasteiger partial charge in [0.25, 0.3) is 0 Å². The third-order valence-corrected chi connectivity index (χ3v) is 5.68. The first kappa shape index (κ1) is 18.8. The van der Waals surface area contributed by atoms with Crippen LogP contribution >= 0.6 is 0 Å². The van der Waals surface area contributed by atoms with Crippen molar-refractivity contribution in [3.63, 3.8) is 0 Å². The van der Waals surface area contributed by atoms with Crippen LogP contribution < -0.4 is 15.2 Å². The summed E-state index contributed by atoms with van der Waals surface area (Å²) in [4.78, 5) is 6.43. The van der Waals surface area contributed by atoms with Crippen molar-refractivity contribution < 1.29 is 14.6 Å². The van der Waals surface area contributed by atoms with Crippen LogP contribution in [0.4, 0.5) is 0 Å². The second-order valence-corrected chi connectivity index (χ2v) is 7.66. The van der Waals surface area contributed by atoms with E-state index in [2.05, 4.69) is 0 Å². The number of methoxy groups -OCH3 is 1. The molecular weight excluding hydrogens is 330 g/mol. The molecule has 1 saturated carbocycles. The molecule has 0 bridgehead atoms. The summed E-state index contributed by atoms with van der Waals surface area (Å²) in [5.41, 5.74) is 5.63. The largest absolute Gasteiger partial charge is 0.497 e. The van der Waals surface area contributed by atoms with Gasteiger partial charge in [0, 0.05) is 13.5 Å². The van der Waals surface area contributed by atoms with Crippen molar-refractivity contribution in [2.24, 2.45) is 16.6 Å². The maximum absolute atomic E-state index is 10.5. The average molecular weight is 361 g/mol. The van der Waals surface area contributed by atoms with Crippen molar-refractivity contribution in [2.45, 2.75) is 56.7 Å². The molecule has 1 fully saturated rings. The van der Waals surface area contributed by atoms with E-state index in [1.165, 1.54) is 32.1 Å². The van der Waals surface area contributed by atoms with Crippen molar-refractivity contribution in [2.75, 3.05) is 20.8 Å². The number of aliphatic imine (C=N–C) groups is 1. The van der Waals surface area contributed by atoms with Crippen molar-refractivity contribution in [3.8, 4) is 11.5 Å². The van der Waals surface area contributed by atoms with Crippen molar-refractivity contribution in [1.82, 2.24) is 4.90 Å². The Morgan fingerprint density at radius 3 is 2.46 bits per heavy atom. The lowest BCUT2D eigenvalue weighted by molar-refractivity contribution is 0.00758. The number of hydrogen-bond acceptors (Lipinski definition) is 6. The molecule has 2 aliphatic rings. The quantitative estimate of drug-likeness (QED) is 0.814. The lowest BCUT2D eigenvalue weighted by atomic mass is 9.77. The van der Waals surface area contributed by atoms with Gasteiger partial charge < -0.3 is 25.2 Å². The number of guanidine groups is 1. The molecule has 0 amide bonds. The molecule has 0 aromatic heterocycles. The van der Waals surface area contributed by atoms with Gasteiger partial charge in [0.1, 0.15) is 29.9 Å². The Bertz CT molecular complexity index is 613. The van der Waals surface area contributed by atoms with Crippen LogP contribution in [0.5, 0.6) is 11.5 Å². The fourth-order valence-corrected chi connectivity index (χ4v) is 4.09. The first-order valence-corrected chi connectivity index (χ1v) is 9.54. The van der Waals surface area contributed by atoms with Crippen molar-refractivity contribution >= 4 is 5.96 Å². The molecule has 1 aromatic carbocycles. The summed E-state index contributed by atoms with van der Waals surface area (Å²) in [7, 11) is 3.42. The van der Waals surface area contributed by atoms with Crippen LogP contribution in [0.15, 0.2) is 29.3 Å². The van der Waals surface area contributed by atoms with Crippen molar-refractivity contribution in [1.29, 1.82) is 0 Å². The zero-order valence-electron chi connectivity index (χ0n) is 15.9. The Morgan fingerprint density at radius 2 is 1.85 bits per heavy atom. The Balaban J connectivity index is 1.75. The number of nitrogens with zero attached hydrogens (tertiary/aromatic N) is 2. The third-order valence-electron chi connectivity index (χ3n) is 5.68. The zero-order valence-corrected chi connectivity index (χ0v) is 15.9. The van der Waals surface area contributed by atoms with Crippen LogP contribution in [-0.4, -0.2) is 48.5 Å². The molecular formula is C20H31N3O3. The van der Waals surface area contributed by atoms with E-state index < -0.39 is 11.8 Å². The molecule has 3 rings (SSSR count). The summed E-state index contributed by atoms with van der Waals surface area (Å²) < 4.78 is 11.3. The maximum Gasteiger partial charge on any atom is 0.193 e. The number of nitrogens with two attached hydrogens (primary N) is 1. The molecule has 2 atom stereocenters. The fraction of sp³-hybridized carbons (Fsp3) is 0.650. The highest BCUT2D eigenvalue weighted by molar-refractivity contribution is 5.79. The van der Waals surface area contributed by atoms with Gasteiger partial charge in [0.15, 0.2) is 5.96 Å². The van der Waals surface area contributed by atoms with Crippen LogP contribution in [0.3, 0.4) is 0 Å². The smallest absolute Gasteiger partial charge is 0.193 e.